The van der Waals surface area contributed by atoms with Crippen LogP contribution in [0.4, 0.5) is 0 Å². The van der Waals surface area contributed by atoms with Crippen LogP contribution in [0.15, 0.2) is 24.3 Å². The smallest absolute Gasteiger partial charge is 0.421 e. The van der Waals surface area contributed by atoms with Gasteiger partial charge in [-0.05, 0) is 68.6 Å². The highest BCUT2D eigenvalue weighted by Gasteiger charge is 2.53. The third-order valence-electron chi connectivity index (χ3n) is 6.21. The molecule has 2 saturated heterocycles. The Labute approximate surface area is 170 Å². The molecule has 1 N–H and O–H groups in total. The van der Waals surface area contributed by atoms with Gasteiger partial charge in [0, 0.05) is 19.5 Å². The second-order valence-electron chi connectivity index (χ2n) is 8.21. The molecule has 1 aromatic carbocycles. The Morgan fingerprint density at radius 3 is 2.41 bits per heavy atom. The number of nitrogens with zero attached hydrogens (tertiary/aromatic N) is 1. The van der Waals surface area contributed by atoms with E-state index in [1.54, 1.807) is 0 Å². The molecule has 4 rings (SSSR count). The molecule has 0 unspecified atom stereocenters. The van der Waals surface area contributed by atoms with Crippen molar-refractivity contribution >= 4 is 11.9 Å². The van der Waals surface area contributed by atoms with Crippen LogP contribution in [0.3, 0.4) is 0 Å². The Morgan fingerprint density at radius 1 is 1.03 bits per heavy atom. The maximum Gasteiger partial charge on any atom is 0.421 e. The average Bonchev–Trinajstić information content (AvgIpc) is 3.01. The third kappa shape index (κ3) is 4.56. The molecule has 0 aromatic heterocycles. The molecule has 2 aliphatic heterocycles. The van der Waals surface area contributed by atoms with E-state index < -0.39 is 17.8 Å². The summed E-state index contributed by atoms with van der Waals surface area (Å²) in [5.74, 6) is -1.65. The van der Waals surface area contributed by atoms with Gasteiger partial charge in [0.15, 0.2) is 0 Å². The first-order valence-corrected chi connectivity index (χ1v) is 10.7. The minimum atomic E-state index is -1.21. The molecule has 158 valence electrons. The number of hydrogen-bond acceptors (Lipinski definition) is 7. The minimum absolute atomic E-state index is 0.135. The Hall–Kier alpha value is -2.12. The van der Waals surface area contributed by atoms with Gasteiger partial charge in [-0.2, -0.15) is 0 Å². The number of benzene rings is 1. The Bertz CT molecular complexity index is 709. The Morgan fingerprint density at radius 2 is 1.72 bits per heavy atom. The fraction of sp³-hybridized carbons (Fsp3) is 0.636. The summed E-state index contributed by atoms with van der Waals surface area (Å²) < 4.78 is 16.4. The van der Waals surface area contributed by atoms with E-state index in [-0.39, 0.29) is 6.10 Å². The first kappa shape index (κ1) is 20.2. The maximum atomic E-state index is 11.5. The topological polar surface area (TPSA) is 85.3 Å². The number of likely N-dealkylation sites (tertiary alicyclic amines) is 1. The first-order valence-electron chi connectivity index (χ1n) is 10.7. The van der Waals surface area contributed by atoms with E-state index >= 15 is 0 Å². The zero-order chi connectivity index (χ0) is 20.3. The van der Waals surface area contributed by atoms with E-state index in [1.165, 1.54) is 5.56 Å². The summed E-state index contributed by atoms with van der Waals surface area (Å²) in [6.45, 7) is 1.89. The molecule has 1 aromatic rings. The highest BCUT2D eigenvalue weighted by molar-refractivity contribution is 6.31. The highest BCUT2D eigenvalue weighted by Crippen LogP contribution is 2.35. The van der Waals surface area contributed by atoms with Crippen molar-refractivity contribution in [2.75, 3.05) is 19.7 Å². The zero-order valence-corrected chi connectivity index (χ0v) is 16.7. The summed E-state index contributed by atoms with van der Waals surface area (Å²) in [5, 5.41) is 9.65. The Balaban J connectivity index is 1.24. The van der Waals surface area contributed by atoms with Gasteiger partial charge in [0.05, 0.1) is 12.7 Å². The van der Waals surface area contributed by atoms with Crippen molar-refractivity contribution in [3.8, 4) is 5.75 Å². The van der Waals surface area contributed by atoms with Gasteiger partial charge in [0.2, 0.25) is 0 Å². The van der Waals surface area contributed by atoms with Gasteiger partial charge < -0.3 is 19.3 Å². The molecule has 1 aliphatic carbocycles. The van der Waals surface area contributed by atoms with Crippen molar-refractivity contribution < 1.29 is 28.9 Å². The van der Waals surface area contributed by atoms with E-state index in [1.807, 2.05) is 17.0 Å². The van der Waals surface area contributed by atoms with Crippen LogP contribution >= 0.6 is 0 Å². The van der Waals surface area contributed by atoms with Gasteiger partial charge in [-0.1, -0.05) is 12.1 Å². The van der Waals surface area contributed by atoms with E-state index in [0.717, 1.165) is 57.2 Å². The van der Waals surface area contributed by atoms with Crippen molar-refractivity contribution in [2.45, 2.75) is 69.3 Å². The number of ether oxygens (including phenoxy) is 3. The summed E-state index contributed by atoms with van der Waals surface area (Å²) in [7, 11) is 0. The van der Waals surface area contributed by atoms with Crippen molar-refractivity contribution in [2.24, 2.45) is 0 Å². The van der Waals surface area contributed by atoms with Gasteiger partial charge in [0.1, 0.15) is 5.75 Å². The summed E-state index contributed by atoms with van der Waals surface area (Å²) in [6.07, 6.45) is 6.80. The van der Waals surface area contributed by atoms with Crippen LogP contribution in [0, 0.1) is 0 Å². The number of hydrogen-bond donors (Lipinski definition) is 1. The second kappa shape index (κ2) is 8.71. The molecule has 29 heavy (non-hydrogen) atoms. The van der Waals surface area contributed by atoms with Crippen molar-refractivity contribution in [3.05, 3.63) is 29.8 Å². The Kier molecular flexibility index (Phi) is 6.06. The van der Waals surface area contributed by atoms with Crippen LogP contribution in [-0.4, -0.2) is 53.7 Å². The normalized spacial score (nSPS) is 26.9. The highest BCUT2D eigenvalue weighted by atomic mass is 16.8. The molecular weight excluding hydrogens is 374 g/mol. The number of rotatable bonds is 6. The molecule has 2 heterocycles. The first-order chi connectivity index (χ1) is 14.1. The number of carbonyl (C=O) groups excluding carboxylic acids is 2. The van der Waals surface area contributed by atoms with Gasteiger partial charge in [-0.15, -0.1) is 0 Å². The lowest BCUT2D eigenvalue weighted by Crippen LogP contribution is -2.53. The predicted molar refractivity (Wildman–Crippen MR) is 104 cm³/mol. The number of aliphatic hydroxyl groups is 1. The summed E-state index contributed by atoms with van der Waals surface area (Å²) >= 11 is 0. The van der Waals surface area contributed by atoms with Crippen LogP contribution in [0.25, 0.3) is 0 Å². The molecule has 7 nitrogen and oxygen atoms in total. The van der Waals surface area contributed by atoms with Gasteiger partial charge in [0.25, 0.3) is 0 Å². The number of aliphatic hydroxyl groups excluding tert-OH is 1. The second-order valence-corrected chi connectivity index (χ2v) is 8.21. The van der Waals surface area contributed by atoms with Gasteiger partial charge in [-0.3, -0.25) is 0 Å². The molecule has 0 bridgehead atoms. The molecular formula is C22H29NO6. The van der Waals surface area contributed by atoms with Crippen molar-refractivity contribution in [3.63, 3.8) is 0 Å². The van der Waals surface area contributed by atoms with Crippen LogP contribution < -0.4 is 4.74 Å². The van der Waals surface area contributed by atoms with Crippen LogP contribution in [0.5, 0.6) is 5.75 Å². The number of piperidine rings is 1. The monoisotopic (exact) mass is 403 g/mol. The van der Waals surface area contributed by atoms with Crippen LogP contribution in [-0.2, 0) is 19.1 Å². The van der Waals surface area contributed by atoms with Gasteiger partial charge >= 0.3 is 17.8 Å². The van der Waals surface area contributed by atoms with Gasteiger partial charge in [-0.25, -0.2) is 14.5 Å². The van der Waals surface area contributed by atoms with E-state index in [2.05, 4.69) is 12.1 Å². The molecule has 3 fully saturated rings. The molecule has 0 atom stereocenters. The molecule has 7 heteroatoms. The summed E-state index contributed by atoms with van der Waals surface area (Å²) in [6, 6.07) is 8.25. The number of carbonyl (C=O) groups is 2. The third-order valence-corrected chi connectivity index (χ3v) is 6.21. The lowest BCUT2D eigenvalue weighted by molar-refractivity contribution is -0.263. The summed E-state index contributed by atoms with van der Waals surface area (Å²) in [5.41, 5.74) is 1.31. The zero-order valence-electron chi connectivity index (χ0n) is 16.7. The van der Waals surface area contributed by atoms with E-state index in [4.69, 9.17) is 14.2 Å². The summed E-state index contributed by atoms with van der Waals surface area (Å²) in [4.78, 5) is 24.9. The predicted octanol–water partition coefficient (Wildman–Crippen LogP) is 2.71. The lowest BCUT2D eigenvalue weighted by Gasteiger charge is -2.40. The SMILES string of the molecule is O=C1OC2(CCCCN2CCCOc2ccc(C3CCC(O)CC3)cc2)OC1=O. The van der Waals surface area contributed by atoms with E-state index in [0.29, 0.717) is 25.5 Å². The largest absolute Gasteiger partial charge is 0.494 e. The fourth-order valence-electron chi connectivity index (χ4n) is 4.58. The number of esters is 2. The van der Waals surface area contributed by atoms with Crippen molar-refractivity contribution in [1.29, 1.82) is 0 Å². The lowest BCUT2D eigenvalue weighted by atomic mass is 9.83. The molecule has 3 aliphatic rings. The minimum Gasteiger partial charge on any atom is -0.494 e. The fourth-order valence-corrected chi connectivity index (χ4v) is 4.58. The molecule has 1 spiro atoms. The maximum absolute atomic E-state index is 11.5. The van der Waals surface area contributed by atoms with Crippen LogP contribution in [0.2, 0.25) is 0 Å². The standard InChI is InChI=1S/C22H29NO6/c24-18-8-4-16(5-9-18)17-6-10-19(11-7-17)27-15-3-14-23-13-2-1-12-22(23)28-20(25)21(26)29-22/h6-7,10-11,16,18,24H,1-5,8-9,12-15H2. The molecule has 0 amide bonds. The van der Waals surface area contributed by atoms with Crippen LogP contribution in [0.1, 0.15) is 62.8 Å². The molecule has 1 saturated carbocycles. The van der Waals surface area contributed by atoms with Crippen molar-refractivity contribution in [1.82, 2.24) is 4.90 Å². The quantitative estimate of drug-likeness (QED) is 0.444. The average molecular weight is 403 g/mol. The molecule has 0 radical (unpaired) electrons. The van der Waals surface area contributed by atoms with E-state index in [9.17, 15) is 14.7 Å².